The van der Waals surface area contributed by atoms with Crippen LogP contribution in [-0.4, -0.2) is 263 Å². The lowest BCUT2D eigenvalue weighted by atomic mass is 9.91. The van der Waals surface area contributed by atoms with E-state index in [9.17, 15) is 53.7 Å². The molecule has 1 heterocycles. The fourth-order valence-electron chi connectivity index (χ4n) is 11.0. The van der Waals surface area contributed by atoms with Crippen LogP contribution in [0.4, 0.5) is 0 Å². The molecule has 0 aromatic carbocycles. The molecule has 0 aliphatic carbocycles. The second kappa shape index (κ2) is 38.6. The van der Waals surface area contributed by atoms with Gasteiger partial charge in [0.25, 0.3) is 0 Å². The number of carbonyl (C=O) groups is 11. The highest BCUT2D eigenvalue weighted by Crippen LogP contribution is 2.26. The van der Waals surface area contributed by atoms with E-state index in [-0.39, 0.29) is 75.4 Å². The molecule has 26 nitrogen and oxygen atoms in total. The Hall–Kier alpha value is -6.25. The summed E-state index contributed by atoms with van der Waals surface area (Å²) in [6, 6.07) is -13.3. The molecule has 7 N–H and O–H groups in total. The number of aliphatic hydroxyl groups excluding tert-OH is 3. The van der Waals surface area contributed by atoms with E-state index in [0.717, 1.165) is 14.7 Å². The van der Waals surface area contributed by atoms with Crippen molar-refractivity contribution in [2.75, 3.05) is 82.3 Å². The molecule has 0 aromatic heterocycles. The molecule has 0 radical (unpaired) electrons. The lowest BCUT2D eigenvalue weighted by Crippen LogP contribution is -2.63. The van der Waals surface area contributed by atoms with Crippen molar-refractivity contribution >= 4 is 65.0 Å². The molecule has 0 aromatic rings. The summed E-state index contributed by atoms with van der Waals surface area (Å²) in [5.41, 5.74) is 0. The number of nitrogens with zero attached hydrogens (tertiary/aromatic N) is 7. The third kappa shape index (κ3) is 23.8. The number of hydrogen-bond acceptors (Lipinski definition) is 15. The molecule has 516 valence electrons. The number of nitrogens with one attached hydrogen (secondary N) is 4. The Morgan fingerprint density at radius 3 is 1.40 bits per heavy atom. The van der Waals surface area contributed by atoms with Crippen LogP contribution in [0, 0.1) is 41.4 Å². The Kier molecular flexibility index (Phi) is 35.0. The van der Waals surface area contributed by atoms with Crippen molar-refractivity contribution in [3.8, 4) is 0 Å². The number of carbonyl (C=O) groups excluding carboxylic acids is 11. The maximum absolute atomic E-state index is 15.2. The van der Waals surface area contributed by atoms with Crippen molar-refractivity contribution in [2.45, 2.75) is 209 Å². The van der Waals surface area contributed by atoms with Gasteiger partial charge in [-0.1, -0.05) is 109 Å². The molecule has 1 aliphatic rings. The van der Waals surface area contributed by atoms with Gasteiger partial charge >= 0.3 is 0 Å². The first-order valence-corrected chi connectivity index (χ1v) is 31.9. The zero-order valence-corrected chi connectivity index (χ0v) is 58.2. The van der Waals surface area contributed by atoms with E-state index in [2.05, 4.69) is 21.3 Å². The van der Waals surface area contributed by atoms with Crippen molar-refractivity contribution in [3.63, 3.8) is 0 Å². The molecule has 12 unspecified atom stereocenters. The molecule has 90 heavy (non-hydrogen) atoms. The van der Waals surface area contributed by atoms with E-state index in [1.54, 1.807) is 47.6 Å². The van der Waals surface area contributed by atoms with Gasteiger partial charge < -0.3 is 75.6 Å². The number of aliphatic hydroxyl groups is 3. The number of likely N-dealkylation sites (N-methyl/N-ethyl adjacent to an activating group) is 7. The number of rotatable bonds is 20. The molecule has 0 saturated carbocycles. The first-order chi connectivity index (χ1) is 41.7. The van der Waals surface area contributed by atoms with Gasteiger partial charge in [0.05, 0.1) is 39.1 Å². The highest BCUT2D eigenvalue weighted by molar-refractivity contribution is 5.99. The van der Waals surface area contributed by atoms with Crippen LogP contribution in [-0.2, 0) is 57.5 Å². The standard InChI is InChI=1S/C64H115N11O15/c1-23-44-59(84)69(16)34-50(78)70(17)46(30-36(2)3)57(82)68-51(40(10)11)63(88)71(18)47(31-37(4)5)56(81)65-43(15)55(80)67-45(35-90-29-28-77)60(85)72(19)48(32-38(6)7)61(86)73(20)49(33-39(8)9)62(87)74(21)52(41(12)13)64(89)75(22)53(58(83)66-44)54(79)42(14)26-24-25-27-76/h24-25,36-49,51-54,76-77,79H,23,26-35H2,1-22H3,(H,65,81)(H,66,83)(H,67,80)(H,68,82)/b25-24+. The zero-order chi connectivity index (χ0) is 69.5. The maximum Gasteiger partial charge on any atom is 0.247 e. The highest BCUT2D eigenvalue weighted by Gasteiger charge is 2.46. The third-order valence-electron chi connectivity index (χ3n) is 16.5. The van der Waals surface area contributed by atoms with Gasteiger partial charge in [0.2, 0.25) is 65.0 Å². The van der Waals surface area contributed by atoms with Gasteiger partial charge in [-0.25, -0.2) is 0 Å². The first-order valence-electron chi connectivity index (χ1n) is 31.9. The number of ether oxygens (including phenoxy) is 1. The molecule has 12 atom stereocenters. The van der Waals surface area contributed by atoms with Crippen LogP contribution in [0.5, 0.6) is 0 Å². The van der Waals surface area contributed by atoms with Gasteiger partial charge in [0, 0.05) is 49.3 Å². The fraction of sp³-hybridized carbons (Fsp3) is 0.797. The van der Waals surface area contributed by atoms with E-state index in [1.807, 2.05) is 55.4 Å². The topological polar surface area (TPSA) is 328 Å². The lowest BCUT2D eigenvalue weighted by Gasteiger charge is -2.41. The predicted molar refractivity (Wildman–Crippen MR) is 342 cm³/mol. The van der Waals surface area contributed by atoms with Crippen LogP contribution in [0.3, 0.4) is 0 Å². The fourth-order valence-corrected chi connectivity index (χ4v) is 11.0. The molecule has 0 bridgehead atoms. The lowest BCUT2D eigenvalue weighted by molar-refractivity contribution is -0.157. The molecule has 0 spiro atoms. The van der Waals surface area contributed by atoms with Crippen LogP contribution in [0.1, 0.15) is 142 Å². The molecular weight excluding hydrogens is 1160 g/mol. The van der Waals surface area contributed by atoms with Crippen molar-refractivity contribution in [3.05, 3.63) is 12.2 Å². The summed E-state index contributed by atoms with van der Waals surface area (Å²) in [5.74, 6) is -10.8. The molecule has 26 heteroatoms. The predicted octanol–water partition coefficient (Wildman–Crippen LogP) is 1.23. The molecule has 1 saturated heterocycles. The second-order valence-corrected chi connectivity index (χ2v) is 26.8. The average Bonchev–Trinajstić information content (AvgIpc) is 0.877. The minimum absolute atomic E-state index is 0.0175. The number of allylic oxidation sites excluding steroid dienone is 1. The van der Waals surface area contributed by atoms with Gasteiger partial charge in [-0.05, 0) is 86.9 Å². The summed E-state index contributed by atoms with van der Waals surface area (Å²) in [6.45, 7) is 24.1. The summed E-state index contributed by atoms with van der Waals surface area (Å²) in [5, 5.41) is 42.2. The highest BCUT2D eigenvalue weighted by atomic mass is 16.5. The van der Waals surface area contributed by atoms with Crippen LogP contribution >= 0.6 is 0 Å². The summed E-state index contributed by atoms with van der Waals surface area (Å²) in [4.78, 5) is 170. The molecule has 1 aliphatic heterocycles. The monoisotopic (exact) mass is 1280 g/mol. The number of hydrogen-bond donors (Lipinski definition) is 7. The average molecular weight is 1280 g/mol. The van der Waals surface area contributed by atoms with E-state index >= 15 is 14.4 Å². The Morgan fingerprint density at radius 1 is 0.489 bits per heavy atom. The first kappa shape index (κ1) is 81.8. The van der Waals surface area contributed by atoms with Crippen molar-refractivity contribution < 1.29 is 72.8 Å². The van der Waals surface area contributed by atoms with Crippen molar-refractivity contribution in [1.29, 1.82) is 0 Å². The van der Waals surface area contributed by atoms with Gasteiger partial charge in [-0.2, -0.15) is 0 Å². The minimum Gasteiger partial charge on any atom is -0.394 e. The molecule has 11 amide bonds. The molecular formula is C64H115N11O15. The van der Waals surface area contributed by atoms with Gasteiger partial charge in [0.1, 0.15) is 60.4 Å². The maximum atomic E-state index is 15.2. The van der Waals surface area contributed by atoms with Crippen molar-refractivity contribution in [1.82, 2.24) is 55.6 Å². The quantitative estimate of drug-likeness (QED) is 0.0666. The van der Waals surface area contributed by atoms with E-state index in [1.165, 1.54) is 81.9 Å². The third-order valence-corrected chi connectivity index (χ3v) is 16.5. The van der Waals surface area contributed by atoms with Gasteiger partial charge in [-0.3, -0.25) is 52.7 Å². The molecule has 1 fully saturated rings. The summed E-state index contributed by atoms with van der Waals surface area (Å²) in [6.07, 6.45) is 1.99. The van der Waals surface area contributed by atoms with Crippen LogP contribution < -0.4 is 21.3 Å². The Labute approximate surface area is 536 Å². The zero-order valence-electron chi connectivity index (χ0n) is 58.2. The summed E-state index contributed by atoms with van der Waals surface area (Å²) >= 11 is 0. The van der Waals surface area contributed by atoms with E-state index in [4.69, 9.17) is 4.74 Å². The SMILES string of the molecule is CCC1NC(=O)C(C(O)C(C)C/C=C/CO)N(C)C(=O)C(C(C)C)N(C)C(=O)C(CC(C)C)N(C)C(=O)C(CC(C)C)N(C)C(=O)C(COCCO)NC(=O)C(C)NC(=O)C(CC(C)C)N(C)C(=O)C(C(C)C)NC(=O)C(CC(C)C)N(C)C(=O)CN(C)C1=O. The van der Waals surface area contributed by atoms with Crippen molar-refractivity contribution in [2.24, 2.45) is 41.4 Å². The smallest absolute Gasteiger partial charge is 0.247 e. The Bertz CT molecular complexity index is 2420. The van der Waals surface area contributed by atoms with Crippen LogP contribution in [0.15, 0.2) is 12.2 Å². The summed E-state index contributed by atoms with van der Waals surface area (Å²) < 4.78 is 5.61. The van der Waals surface area contributed by atoms with E-state index < -0.39 is 169 Å². The number of amides is 11. The largest absolute Gasteiger partial charge is 0.394 e. The second-order valence-electron chi connectivity index (χ2n) is 26.8. The Morgan fingerprint density at radius 2 is 0.933 bits per heavy atom. The van der Waals surface area contributed by atoms with E-state index in [0.29, 0.717) is 0 Å². The minimum atomic E-state index is -1.70. The van der Waals surface area contributed by atoms with Crippen LogP contribution in [0.25, 0.3) is 0 Å². The molecule has 1 rings (SSSR count). The normalized spacial score (nSPS) is 26.1. The summed E-state index contributed by atoms with van der Waals surface area (Å²) in [7, 11) is 9.65. The van der Waals surface area contributed by atoms with Gasteiger partial charge in [0.15, 0.2) is 0 Å². The van der Waals surface area contributed by atoms with Gasteiger partial charge in [-0.15, -0.1) is 0 Å². The van der Waals surface area contributed by atoms with Crippen LogP contribution in [0.2, 0.25) is 0 Å². The Balaban J connectivity index is 4.45.